The number of nitrogens with zero attached hydrogens (tertiary/aromatic N) is 2. The van der Waals surface area contributed by atoms with Crippen LogP contribution in [0.4, 0.5) is 17.1 Å². The van der Waals surface area contributed by atoms with Crippen LogP contribution in [-0.2, 0) is 9.59 Å². The summed E-state index contributed by atoms with van der Waals surface area (Å²) in [6.07, 6.45) is 0.0400. The topological polar surface area (TPSA) is 102 Å². The van der Waals surface area contributed by atoms with Crippen molar-refractivity contribution in [2.24, 2.45) is 0 Å². The van der Waals surface area contributed by atoms with Crippen LogP contribution in [0.15, 0.2) is 42.5 Å². The summed E-state index contributed by atoms with van der Waals surface area (Å²) in [4.78, 5) is 37.1. The number of hydrogen-bond acceptors (Lipinski definition) is 5. The van der Waals surface area contributed by atoms with Gasteiger partial charge in [0.1, 0.15) is 5.75 Å². The molecule has 8 nitrogen and oxygen atoms in total. The van der Waals surface area contributed by atoms with Crippen molar-refractivity contribution in [3.8, 4) is 5.75 Å². The van der Waals surface area contributed by atoms with Crippen molar-refractivity contribution in [3.63, 3.8) is 0 Å². The van der Waals surface area contributed by atoms with Crippen molar-refractivity contribution in [1.29, 1.82) is 0 Å². The Kier molecular flexibility index (Phi) is 5.04. The van der Waals surface area contributed by atoms with Gasteiger partial charge < -0.3 is 15.0 Å². The summed E-state index contributed by atoms with van der Waals surface area (Å²) >= 11 is 0. The van der Waals surface area contributed by atoms with Crippen LogP contribution in [0.3, 0.4) is 0 Å². The van der Waals surface area contributed by atoms with Crippen LogP contribution >= 0.6 is 0 Å². The largest absolute Gasteiger partial charge is 0.476 e. The number of benzene rings is 2. The number of hydrogen-bond donors (Lipinski definition) is 1. The normalized spacial score (nSPS) is 14.8. The summed E-state index contributed by atoms with van der Waals surface area (Å²) in [5, 5.41) is 13.6. The minimum atomic E-state index is -1.03. The monoisotopic (exact) mass is 383 g/mol. The van der Waals surface area contributed by atoms with Gasteiger partial charge in [-0.25, -0.2) is 0 Å². The number of ether oxygens (including phenoxy) is 1. The van der Waals surface area contributed by atoms with E-state index >= 15 is 0 Å². The lowest BCUT2D eigenvalue weighted by molar-refractivity contribution is -0.384. The fourth-order valence-corrected chi connectivity index (χ4v) is 3.03. The standard InChI is InChI=1S/C20H21N3O5/c1-13-8-9-14(23(26)27)12-15(13)21-18(24)10-11-22-16-6-4-5-7-17(16)28-20(2,3)19(22)25/h4-9,12H,10-11H2,1-3H3,(H,21,24). The molecule has 0 spiro atoms. The molecule has 1 N–H and O–H groups in total. The number of fused-ring (bicyclic) bond motifs is 1. The van der Waals surface area contributed by atoms with E-state index in [1.807, 2.05) is 6.07 Å². The van der Waals surface area contributed by atoms with Crippen molar-refractivity contribution in [3.05, 3.63) is 58.1 Å². The van der Waals surface area contributed by atoms with Crippen LogP contribution in [0.2, 0.25) is 0 Å². The number of aryl methyl sites for hydroxylation is 1. The molecule has 2 aromatic carbocycles. The van der Waals surface area contributed by atoms with Crippen LogP contribution in [0.25, 0.3) is 0 Å². The summed E-state index contributed by atoms with van der Waals surface area (Å²) in [5.74, 6) is 0.0192. The average Bonchev–Trinajstić information content (AvgIpc) is 2.63. The zero-order chi connectivity index (χ0) is 20.5. The second-order valence-corrected chi connectivity index (χ2v) is 7.09. The third-order valence-corrected chi connectivity index (χ3v) is 4.55. The highest BCUT2D eigenvalue weighted by molar-refractivity contribution is 6.03. The molecule has 0 fully saturated rings. The molecule has 8 heteroatoms. The maximum Gasteiger partial charge on any atom is 0.271 e. The molecule has 0 aliphatic carbocycles. The number of nitro benzene ring substituents is 1. The summed E-state index contributed by atoms with van der Waals surface area (Å²) in [6.45, 7) is 5.29. The molecule has 0 atom stereocenters. The number of anilines is 2. The molecule has 0 saturated carbocycles. The Labute approximate surface area is 162 Å². The minimum Gasteiger partial charge on any atom is -0.476 e. The van der Waals surface area contributed by atoms with E-state index in [9.17, 15) is 19.7 Å². The van der Waals surface area contributed by atoms with Crippen molar-refractivity contribution in [2.75, 3.05) is 16.8 Å². The lowest BCUT2D eigenvalue weighted by Crippen LogP contribution is -2.53. The molecule has 0 aromatic heterocycles. The van der Waals surface area contributed by atoms with E-state index in [1.54, 1.807) is 49.9 Å². The maximum atomic E-state index is 12.7. The third-order valence-electron chi connectivity index (χ3n) is 4.55. The van der Waals surface area contributed by atoms with Gasteiger partial charge in [-0.1, -0.05) is 18.2 Å². The number of amides is 2. The van der Waals surface area contributed by atoms with E-state index in [0.29, 0.717) is 22.7 Å². The first-order valence-electron chi connectivity index (χ1n) is 8.84. The van der Waals surface area contributed by atoms with Gasteiger partial charge in [-0.2, -0.15) is 0 Å². The van der Waals surface area contributed by atoms with Gasteiger partial charge >= 0.3 is 0 Å². The molecule has 1 heterocycles. The molecule has 0 unspecified atom stereocenters. The number of para-hydroxylation sites is 2. The lowest BCUT2D eigenvalue weighted by Gasteiger charge is -2.38. The van der Waals surface area contributed by atoms with Crippen LogP contribution in [0.1, 0.15) is 25.8 Å². The van der Waals surface area contributed by atoms with Crippen LogP contribution in [-0.4, -0.2) is 28.9 Å². The zero-order valence-corrected chi connectivity index (χ0v) is 15.9. The molecule has 1 aliphatic rings. The van der Waals surface area contributed by atoms with Gasteiger partial charge in [0.05, 0.1) is 16.3 Å². The second-order valence-electron chi connectivity index (χ2n) is 7.09. The number of carbonyl (C=O) groups is 2. The minimum absolute atomic E-state index is 0.0400. The zero-order valence-electron chi connectivity index (χ0n) is 15.9. The predicted octanol–water partition coefficient (Wildman–Crippen LogP) is 3.44. The molecule has 2 aromatic rings. The van der Waals surface area contributed by atoms with Gasteiger partial charge in [-0.3, -0.25) is 19.7 Å². The highest BCUT2D eigenvalue weighted by Crippen LogP contribution is 2.37. The Hall–Kier alpha value is -3.42. The summed E-state index contributed by atoms with van der Waals surface area (Å²) in [7, 11) is 0. The molecule has 146 valence electrons. The third kappa shape index (κ3) is 3.80. The Bertz CT molecular complexity index is 955. The first-order valence-corrected chi connectivity index (χ1v) is 8.84. The highest BCUT2D eigenvalue weighted by Gasteiger charge is 2.40. The van der Waals surface area contributed by atoms with E-state index in [4.69, 9.17) is 4.74 Å². The molecule has 0 bridgehead atoms. The highest BCUT2D eigenvalue weighted by atomic mass is 16.6. The lowest BCUT2D eigenvalue weighted by atomic mass is 10.0. The van der Waals surface area contributed by atoms with Gasteiger partial charge in [0, 0.05) is 25.1 Å². The van der Waals surface area contributed by atoms with Crippen LogP contribution in [0, 0.1) is 17.0 Å². The molecular weight excluding hydrogens is 362 g/mol. The van der Waals surface area contributed by atoms with Crippen LogP contribution < -0.4 is 15.0 Å². The first kappa shape index (κ1) is 19.3. The average molecular weight is 383 g/mol. The Morgan fingerprint density at radius 2 is 1.96 bits per heavy atom. The Morgan fingerprint density at radius 3 is 2.68 bits per heavy atom. The summed E-state index contributed by atoms with van der Waals surface area (Å²) in [5.41, 5.74) is 0.591. The maximum absolute atomic E-state index is 12.7. The van der Waals surface area contributed by atoms with E-state index < -0.39 is 10.5 Å². The number of nitro groups is 1. The predicted molar refractivity (Wildman–Crippen MR) is 105 cm³/mol. The van der Waals surface area contributed by atoms with Gasteiger partial charge in [0.15, 0.2) is 5.60 Å². The van der Waals surface area contributed by atoms with Gasteiger partial charge in [0.2, 0.25) is 5.91 Å². The first-order chi connectivity index (χ1) is 13.2. The number of nitrogens with one attached hydrogen (secondary N) is 1. The smallest absolute Gasteiger partial charge is 0.271 e. The fourth-order valence-electron chi connectivity index (χ4n) is 3.03. The van der Waals surface area contributed by atoms with E-state index in [2.05, 4.69) is 5.32 Å². The Balaban J connectivity index is 1.73. The quantitative estimate of drug-likeness (QED) is 0.629. The van der Waals surface area contributed by atoms with E-state index in [1.165, 1.54) is 12.1 Å². The second kappa shape index (κ2) is 7.30. The molecule has 0 saturated heterocycles. The number of rotatable bonds is 5. The van der Waals surface area contributed by atoms with Crippen molar-refractivity contribution >= 4 is 28.9 Å². The molecule has 1 aliphatic heterocycles. The van der Waals surface area contributed by atoms with Crippen molar-refractivity contribution in [1.82, 2.24) is 0 Å². The number of carbonyl (C=O) groups excluding carboxylic acids is 2. The summed E-state index contributed by atoms with van der Waals surface area (Å²) < 4.78 is 5.76. The summed E-state index contributed by atoms with van der Waals surface area (Å²) in [6, 6.07) is 11.5. The molecule has 28 heavy (non-hydrogen) atoms. The van der Waals surface area contributed by atoms with E-state index in [-0.39, 0.29) is 30.5 Å². The van der Waals surface area contributed by atoms with Crippen LogP contribution in [0.5, 0.6) is 5.75 Å². The van der Waals surface area contributed by atoms with Gasteiger partial charge in [-0.05, 0) is 38.5 Å². The Morgan fingerprint density at radius 1 is 1.25 bits per heavy atom. The fraction of sp³-hybridized carbons (Fsp3) is 0.300. The molecule has 2 amide bonds. The molecular formula is C20H21N3O5. The molecule has 3 rings (SSSR count). The van der Waals surface area contributed by atoms with Crippen molar-refractivity contribution in [2.45, 2.75) is 32.8 Å². The van der Waals surface area contributed by atoms with Gasteiger partial charge in [-0.15, -0.1) is 0 Å². The van der Waals surface area contributed by atoms with Crippen molar-refractivity contribution < 1.29 is 19.2 Å². The van der Waals surface area contributed by atoms with Gasteiger partial charge in [0.25, 0.3) is 11.6 Å². The SMILES string of the molecule is Cc1ccc([N+](=O)[O-])cc1NC(=O)CCN1C(=O)C(C)(C)Oc2ccccc21. The molecule has 0 radical (unpaired) electrons. The number of non-ortho nitro benzene ring substituents is 1. The van der Waals surface area contributed by atoms with E-state index in [0.717, 1.165) is 0 Å².